The molecule has 1 fully saturated rings. The molecule has 2 nitrogen and oxygen atoms in total. The van der Waals surface area contributed by atoms with Gasteiger partial charge in [-0.05, 0) is 62.4 Å². The van der Waals surface area contributed by atoms with Gasteiger partial charge in [-0.25, -0.2) is 0 Å². The number of nitrogens with one attached hydrogen (secondary N) is 1. The quantitative estimate of drug-likeness (QED) is 0.870. The maximum absolute atomic E-state index is 3.50. The third-order valence-corrected chi connectivity index (χ3v) is 4.46. The Morgan fingerprint density at radius 1 is 1.26 bits per heavy atom. The molecule has 0 spiro atoms. The molecule has 0 radical (unpaired) electrons. The van der Waals surface area contributed by atoms with Crippen LogP contribution in [-0.4, -0.2) is 26.7 Å². The highest BCUT2D eigenvalue weighted by Crippen LogP contribution is 2.35. The maximum atomic E-state index is 3.50. The predicted molar refractivity (Wildman–Crippen MR) is 83.9 cm³/mol. The van der Waals surface area contributed by atoms with Gasteiger partial charge in [0.15, 0.2) is 0 Å². The van der Waals surface area contributed by atoms with E-state index in [0.29, 0.717) is 5.41 Å². The Hall–Kier alpha value is -1.02. The molecule has 1 heterocycles. The lowest BCUT2D eigenvalue weighted by Gasteiger charge is -2.41. The van der Waals surface area contributed by atoms with Gasteiger partial charge < -0.3 is 10.2 Å². The van der Waals surface area contributed by atoms with Crippen molar-refractivity contribution in [2.45, 2.75) is 39.5 Å². The van der Waals surface area contributed by atoms with Gasteiger partial charge in [-0.15, -0.1) is 0 Å². The Bertz CT molecular complexity index is 388. The lowest BCUT2D eigenvalue weighted by molar-refractivity contribution is 0.190. The van der Waals surface area contributed by atoms with Crippen LogP contribution in [0.3, 0.4) is 0 Å². The number of piperidine rings is 1. The Morgan fingerprint density at radius 2 is 2.00 bits per heavy atom. The van der Waals surface area contributed by atoms with Gasteiger partial charge in [-0.2, -0.15) is 0 Å². The van der Waals surface area contributed by atoms with Crippen molar-refractivity contribution < 1.29 is 0 Å². The van der Waals surface area contributed by atoms with Crippen LogP contribution < -0.4 is 10.2 Å². The number of nitrogens with zero attached hydrogens (tertiary/aromatic N) is 1. The summed E-state index contributed by atoms with van der Waals surface area (Å²) >= 11 is 0. The second-order valence-electron chi connectivity index (χ2n) is 6.20. The summed E-state index contributed by atoms with van der Waals surface area (Å²) in [6, 6.07) is 8.86. The maximum Gasteiger partial charge on any atom is 0.0366 e. The summed E-state index contributed by atoms with van der Waals surface area (Å²) in [5.74, 6) is 0. The highest BCUT2D eigenvalue weighted by molar-refractivity contribution is 5.47. The first kappa shape index (κ1) is 14.4. The standard InChI is InChI=1S/C17H28N2/c1-4-8-17(9-11-18-12-10-17)14-19(3)16-7-5-6-15(2)13-16/h5-7,13,18H,4,8-12,14H2,1-3H3. The SMILES string of the molecule is CCCC1(CN(C)c2cccc(C)c2)CCNCC1. The minimum absolute atomic E-state index is 0.512. The summed E-state index contributed by atoms with van der Waals surface area (Å²) in [5.41, 5.74) is 3.21. The van der Waals surface area contributed by atoms with Crippen LogP contribution in [0, 0.1) is 12.3 Å². The molecular weight excluding hydrogens is 232 g/mol. The van der Waals surface area contributed by atoms with Gasteiger partial charge in [-0.3, -0.25) is 0 Å². The molecule has 1 N–H and O–H groups in total. The molecule has 0 aliphatic carbocycles. The van der Waals surface area contributed by atoms with E-state index in [0.717, 1.165) is 0 Å². The summed E-state index contributed by atoms with van der Waals surface area (Å²) in [6.07, 6.45) is 5.28. The van der Waals surface area contributed by atoms with E-state index in [2.05, 4.69) is 55.4 Å². The number of anilines is 1. The number of benzene rings is 1. The second kappa shape index (κ2) is 6.42. The number of aryl methyl sites for hydroxylation is 1. The molecule has 1 aliphatic heterocycles. The molecule has 0 atom stereocenters. The smallest absolute Gasteiger partial charge is 0.0366 e. The minimum Gasteiger partial charge on any atom is -0.374 e. The van der Waals surface area contributed by atoms with Crippen LogP contribution in [0.2, 0.25) is 0 Å². The molecule has 0 saturated carbocycles. The van der Waals surface area contributed by atoms with Crippen molar-refractivity contribution in [3.05, 3.63) is 29.8 Å². The molecule has 1 aliphatic rings. The predicted octanol–water partition coefficient (Wildman–Crippen LogP) is 3.60. The lowest BCUT2D eigenvalue weighted by Crippen LogP contribution is -2.43. The van der Waals surface area contributed by atoms with E-state index >= 15 is 0 Å². The first-order chi connectivity index (χ1) is 9.15. The van der Waals surface area contributed by atoms with Crippen LogP contribution in [0.25, 0.3) is 0 Å². The van der Waals surface area contributed by atoms with Crippen molar-refractivity contribution in [3.8, 4) is 0 Å². The van der Waals surface area contributed by atoms with Gasteiger partial charge in [0.25, 0.3) is 0 Å². The molecule has 2 heteroatoms. The summed E-state index contributed by atoms with van der Waals surface area (Å²) < 4.78 is 0. The van der Waals surface area contributed by atoms with Gasteiger partial charge in [0.05, 0.1) is 0 Å². The average Bonchev–Trinajstić information content (AvgIpc) is 2.40. The fourth-order valence-corrected chi connectivity index (χ4v) is 3.43. The zero-order valence-electron chi connectivity index (χ0n) is 12.7. The number of hydrogen-bond acceptors (Lipinski definition) is 2. The van der Waals surface area contributed by atoms with Crippen molar-refractivity contribution in [1.29, 1.82) is 0 Å². The average molecular weight is 260 g/mol. The molecule has 1 aromatic rings. The van der Waals surface area contributed by atoms with E-state index < -0.39 is 0 Å². The fraction of sp³-hybridized carbons (Fsp3) is 0.647. The first-order valence-electron chi connectivity index (χ1n) is 7.64. The van der Waals surface area contributed by atoms with Crippen molar-refractivity contribution in [3.63, 3.8) is 0 Å². The van der Waals surface area contributed by atoms with Crippen molar-refractivity contribution in [1.82, 2.24) is 5.32 Å². The van der Waals surface area contributed by atoms with Crippen LogP contribution in [-0.2, 0) is 0 Å². The third kappa shape index (κ3) is 3.73. The summed E-state index contributed by atoms with van der Waals surface area (Å²) in [4.78, 5) is 2.45. The molecule has 0 amide bonds. The van der Waals surface area contributed by atoms with E-state index in [1.807, 2.05) is 0 Å². The number of hydrogen-bond donors (Lipinski definition) is 1. The molecule has 0 bridgehead atoms. The molecule has 0 aromatic heterocycles. The molecule has 0 unspecified atom stereocenters. The molecule has 1 aromatic carbocycles. The van der Waals surface area contributed by atoms with Crippen molar-refractivity contribution >= 4 is 5.69 Å². The van der Waals surface area contributed by atoms with Crippen molar-refractivity contribution in [2.75, 3.05) is 31.6 Å². The second-order valence-corrected chi connectivity index (χ2v) is 6.20. The third-order valence-electron chi connectivity index (χ3n) is 4.46. The monoisotopic (exact) mass is 260 g/mol. The summed E-state index contributed by atoms with van der Waals surface area (Å²) in [6.45, 7) is 8.04. The van der Waals surface area contributed by atoms with Crippen molar-refractivity contribution in [2.24, 2.45) is 5.41 Å². The van der Waals surface area contributed by atoms with E-state index in [1.165, 1.54) is 56.6 Å². The van der Waals surface area contributed by atoms with Gasteiger partial charge in [-0.1, -0.05) is 25.5 Å². The van der Waals surface area contributed by atoms with Gasteiger partial charge in [0.1, 0.15) is 0 Å². The van der Waals surface area contributed by atoms with Crippen LogP contribution in [0.1, 0.15) is 38.2 Å². The normalized spacial score (nSPS) is 18.3. The Balaban J connectivity index is 2.08. The molecule has 1 saturated heterocycles. The van der Waals surface area contributed by atoms with Crippen LogP contribution in [0.5, 0.6) is 0 Å². The molecule has 106 valence electrons. The summed E-state index contributed by atoms with van der Waals surface area (Å²) in [5, 5.41) is 3.50. The number of rotatable bonds is 5. The van der Waals surface area contributed by atoms with Gasteiger partial charge in [0.2, 0.25) is 0 Å². The van der Waals surface area contributed by atoms with Gasteiger partial charge >= 0.3 is 0 Å². The van der Waals surface area contributed by atoms with E-state index in [9.17, 15) is 0 Å². The summed E-state index contributed by atoms with van der Waals surface area (Å²) in [7, 11) is 2.24. The van der Waals surface area contributed by atoms with E-state index in [4.69, 9.17) is 0 Å². The highest BCUT2D eigenvalue weighted by Gasteiger charge is 2.32. The topological polar surface area (TPSA) is 15.3 Å². The van der Waals surface area contributed by atoms with E-state index in [-0.39, 0.29) is 0 Å². The molecular formula is C17H28N2. The lowest BCUT2D eigenvalue weighted by atomic mass is 9.75. The zero-order valence-corrected chi connectivity index (χ0v) is 12.7. The Morgan fingerprint density at radius 3 is 2.63 bits per heavy atom. The highest BCUT2D eigenvalue weighted by atomic mass is 15.1. The largest absolute Gasteiger partial charge is 0.374 e. The van der Waals surface area contributed by atoms with E-state index in [1.54, 1.807) is 0 Å². The van der Waals surface area contributed by atoms with Crippen LogP contribution in [0.4, 0.5) is 5.69 Å². The van der Waals surface area contributed by atoms with Crippen LogP contribution in [0.15, 0.2) is 24.3 Å². The van der Waals surface area contributed by atoms with Crippen LogP contribution >= 0.6 is 0 Å². The molecule has 19 heavy (non-hydrogen) atoms. The minimum atomic E-state index is 0.512. The fourth-order valence-electron chi connectivity index (χ4n) is 3.43. The Labute approximate surface area is 118 Å². The molecule has 2 rings (SSSR count). The Kier molecular flexibility index (Phi) is 4.87. The van der Waals surface area contributed by atoms with Gasteiger partial charge in [0, 0.05) is 19.3 Å². The zero-order chi connectivity index (χ0) is 13.7. The first-order valence-corrected chi connectivity index (χ1v) is 7.64.